The van der Waals surface area contributed by atoms with Crippen LogP contribution in [0.2, 0.25) is 0 Å². The summed E-state index contributed by atoms with van der Waals surface area (Å²) in [4.78, 5) is 41.7. The number of imidazole rings is 1. The van der Waals surface area contributed by atoms with E-state index >= 15 is 0 Å². The lowest BCUT2D eigenvalue weighted by Crippen LogP contribution is -2.45. The standard InChI is InChI=1S/C25H28N8O2/c1-32-11-13-33(14-12-32)10-2-7-27-24(34)18-3-4-20-22(15-18)29-23(28-20)19-16-21(30-31-25(19)35)17-5-8-26-9-6-17/h3-6,8-9,15-16H,2,7,10-14H2,1H3,(H,27,34)(H,28,29)(H,31,35). The molecule has 3 aromatic heterocycles. The number of aromatic nitrogens is 5. The zero-order valence-corrected chi connectivity index (χ0v) is 19.6. The van der Waals surface area contributed by atoms with Crippen molar-refractivity contribution in [3.8, 4) is 22.6 Å². The molecule has 0 atom stereocenters. The summed E-state index contributed by atoms with van der Waals surface area (Å²) in [6.07, 6.45) is 4.25. The first-order chi connectivity index (χ1) is 17.1. The Labute approximate surface area is 202 Å². The van der Waals surface area contributed by atoms with Gasteiger partial charge in [-0.15, -0.1) is 0 Å². The van der Waals surface area contributed by atoms with Crippen molar-refractivity contribution in [2.24, 2.45) is 0 Å². The molecular formula is C25H28N8O2. The number of carbonyl (C=O) groups excluding carboxylic acids is 1. The highest BCUT2D eigenvalue weighted by molar-refractivity contribution is 5.97. The van der Waals surface area contributed by atoms with Gasteiger partial charge in [-0.2, -0.15) is 5.10 Å². The number of likely N-dealkylation sites (N-methyl/N-ethyl adjacent to an activating group) is 1. The van der Waals surface area contributed by atoms with Crippen LogP contribution in [0.3, 0.4) is 0 Å². The van der Waals surface area contributed by atoms with Crippen LogP contribution in [0.15, 0.2) is 53.6 Å². The quantitative estimate of drug-likeness (QED) is 0.350. The molecular weight excluding hydrogens is 444 g/mol. The molecule has 35 heavy (non-hydrogen) atoms. The second-order valence-corrected chi connectivity index (χ2v) is 8.80. The first-order valence-corrected chi connectivity index (χ1v) is 11.8. The smallest absolute Gasteiger partial charge is 0.275 e. The fourth-order valence-corrected chi connectivity index (χ4v) is 4.21. The number of hydrogen-bond acceptors (Lipinski definition) is 7. The molecule has 0 saturated carbocycles. The van der Waals surface area contributed by atoms with E-state index < -0.39 is 0 Å². The minimum Gasteiger partial charge on any atom is -0.352 e. The molecule has 10 heteroatoms. The van der Waals surface area contributed by atoms with Crippen molar-refractivity contribution in [3.05, 3.63) is 64.7 Å². The van der Waals surface area contributed by atoms with Gasteiger partial charge in [-0.3, -0.25) is 14.6 Å². The molecule has 4 heterocycles. The molecule has 1 aliphatic heterocycles. The molecule has 1 aromatic carbocycles. The Morgan fingerprint density at radius 3 is 2.69 bits per heavy atom. The van der Waals surface area contributed by atoms with Crippen molar-refractivity contribution in [2.75, 3.05) is 46.3 Å². The second kappa shape index (κ2) is 10.2. The summed E-state index contributed by atoms with van der Waals surface area (Å²) in [5.41, 5.74) is 3.38. The van der Waals surface area contributed by atoms with Crippen LogP contribution >= 0.6 is 0 Å². The Kier molecular flexibility index (Phi) is 6.64. The van der Waals surface area contributed by atoms with Gasteiger partial charge in [-0.1, -0.05) is 0 Å². The number of pyridine rings is 1. The molecule has 4 aromatic rings. The summed E-state index contributed by atoms with van der Waals surface area (Å²) in [7, 11) is 2.14. The average Bonchev–Trinajstić information content (AvgIpc) is 3.31. The van der Waals surface area contributed by atoms with Crippen LogP contribution in [0.25, 0.3) is 33.7 Å². The first kappa shape index (κ1) is 22.9. The number of hydrogen-bond donors (Lipinski definition) is 3. The summed E-state index contributed by atoms with van der Waals surface area (Å²) in [6.45, 7) is 5.95. The van der Waals surface area contributed by atoms with Crippen LogP contribution in [-0.2, 0) is 0 Å². The Morgan fingerprint density at radius 1 is 1.09 bits per heavy atom. The van der Waals surface area contributed by atoms with E-state index in [0.717, 1.165) is 44.7 Å². The number of fused-ring (bicyclic) bond motifs is 1. The highest BCUT2D eigenvalue weighted by Gasteiger charge is 2.15. The summed E-state index contributed by atoms with van der Waals surface area (Å²) < 4.78 is 0. The molecule has 1 fully saturated rings. The Hall–Kier alpha value is -3.89. The third kappa shape index (κ3) is 5.28. The minimum absolute atomic E-state index is 0.122. The van der Waals surface area contributed by atoms with E-state index in [9.17, 15) is 9.59 Å². The zero-order valence-electron chi connectivity index (χ0n) is 19.6. The maximum atomic E-state index is 12.7. The average molecular weight is 473 g/mol. The van der Waals surface area contributed by atoms with Gasteiger partial charge in [0, 0.05) is 56.2 Å². The third-order valence-corrected chi connectivity index (χ3v) is 6.31. The number of nitrogens with zero attached hydrogens (tertiary/aromatic N) is 5. The minimum atomic E-state index is -0.347. The number of rotatable bonds is 7. The van der Waals surface area contributed by atoms with Gasteiger partial charge in [0.1, 0.15) is 5.82 Å². The molecule has 0 unspecified atom stereocenters. The molecule has 1 amide bonds. The van der Waals surface area contributed by atoms with E-state index in [1.165, 1.54) is 0 Å². The van der Waals surface area contributed by atoms with Crippen LogP contribution in [0.4, 0.5) is 0 Å². The molecule has 180 valence electrons. The summed E-state index contributed by atoms with van der Waals surface area (Å²) in [5, 5.41) is 9.67. The van der Waals surface area contributed by atoms with Gasteiger partial charge >= 0.3 is 0 Å². The lowest BCUT2D eigenvalue weighted by atomic mass is 10.1. The van der Waals surface area contributed by atoms with Crippen molar-refractivity contribution in [1.29, 1.82) is 0 Å². The predicted octanol–water partition coefficient (Wildman–Crippen LogP) is 1.74. The molecule has 0 spiro atoms. The fraction of sp³-hybridized carbons (Fsp3) is 0.320. The Bertz CT molecular complexity index is 1370. The molecule has 0 radical (unpaired) electrons. The van der Waals surface area contributed by atoms with Crippen molar-refractivity contribution >= 4 is 16.9 Å². The molecule has 1 aliphatic rings. The van der Waals surface area contributed by atoms with Crippen LogP contribution < -0.4 is 10.9 Å². The summed E-state index contributed by atoms with van der Waals surface area (Å²) in [5.74, 6) is 0.298. The monoisotopic (exact) mass is 472 g/mol. The van der Waals surface area contributed by atoms with Gasteiger partial charge in [0.15, 0.2) is 0 Å². The van der Waals surface area contributed by atoms with Gasteiger partial charge in [0.2, 0.25) is 0 Å². The zero-order chi connectivity index (χ0) is 24.2. The highest BCUT2D eigenvalue weighted by Crippen LogP contribution is 2.22. The maximum Gasteiger partial charge on any atom is 0.275 e. The number of aromatic amines is 2. The molecule has 1 saturated heterocycles. The maximum absolute atomic E-state index is 12.7. The van der Waals surface area contributed by atoms with Crippen molar-refractivity contribution in [1.82, 2.24) is 40.3 Å². The van der Waals surface area contributed by atoms with Crippen LogP contribution in [0, 0.1) is 0 Å². The number of H-pyrrole nitrogens is 2. The van der Waals surface area contributed by atoms with Crippen molar-refractivity contribution < 1.29 is 4.79 Å². The van der Waals surface area contributed by atoms with Gasteiger partial charge in [-0.25, -0.2) is 10.1 Å². The molecule has 5 rings (SSSR count). The SMILES string of the molecule is CN1CCN(CCCNC(=O)c2ccc3nc(-c4cc(-c5ccncc5)n[nH]c4=O)[nH]c3c2)CC1. The van der Waals surface area contributed by atoms with Gasteiger partial charge in [0.05, 0.1) is 22.3 Å². The van der Waals surface area contributed by atoms with E-state index in [0.29, 0.717) is 40.2 Å². The van der Waals surface area contributed by atoms with E-state index in [-0.39, 0.29) is 11.5 Å². The number of carbonyl (C=O) groups is 1. The largest absolute Gasteiger partial charge is 0.352 e. The highest BCUT2D eigenvalue weighted by atomic mass is 16.1. The predicted molar refractivity (Wildman–Crippen MR) is 134 cm³/mol. The van der Waals surface area contributed by atoms with Gasteiger partial charge in [-0.05, 0) is 56.4 Å². The van der Waals surface area contributed by atoms with E-state index in [2.05, 4.69) is 47.3 Å². The number of benzene rings is 1. The lowest BCUT2D eigenvalue weighted by Gasteiger charge is -2.32. The normalized spacial score (nSPS) is 14.9. The topological polar surface area (TPSA) is 123 Å². The lowest BCUT2D eigenvalue weighted by molar-refractivity contribution is 0.0949. The number of piperazine rings is 1. The number of nitrogens with one attached hydrogen (secondary N) is 3. The Balaban J connectivity index is 1.26. The summed E-state index contributed by atoms with van der Waals surface area (Å²) >= 11 is 0. The van der Waals surface area contributed by atoms with Crippen molar-refractivity contribution in [3.63, 3.8) is 0 Å². The molecule has 0 aliphatic carbocycles. The van der Waals surface area contributed by atoms with Gasteiger partial charge in [0.25, 0.3) is 11.5 Å². The number of amides is 1. The summed E-state index contributed by atoms with van der Waals surface area (Å²) in [6, 6.07) is 10.6. The molecule has 10 nitrogen and oxygen atoms in total. The van der Waals surface area contributed by atoms with E-state index in [1.807, 2.05) is 12.1 Å². The fourth-order valence-electron chi connectivity index (χ4n) is 4.21. The van der Waals surface area contributed by atoms with Crippen LogP contribution in [0.5, 0.6) is 0 Å². The molecule has 3 N–H and O–H groups in total. The first-order valence-electron chi connectivity index (χ1n) is 11.8. The molecule has 0 bridgehead atoms. The Morgan fingerprint density at radius 2 is 1.89 bits per heavy atom. The van der Waals surface area contributed by atoms with Crippen LogP contribution in [0.1, 0.15) is 16.8 Å². The van der Waals surface area contributed by atoms with Crippen molar-refractivity contribution in [2.45, 2.75) is 6.42 Å². The van der Waals surface area contributed by atoms with Gasteiger partial charge < -0.3 is 20.1 Å². The van der Waals surface area contributed by atoms with E-state index in [1.54, 1.807) is 36.7 Å². The third-order valence-electron chi connectivity index (χ3n) is 6.31. The van der Waals surface area contributed by atoms with E-state index in [4.69, 9.17) is 0 Å². The van der Waals surface area contributed by atoms with Crippen LogP contribution in [-0.4, -0.2) is 87.2 Å². The second-order valence-electron chi connectivity index (χ2n) is 8.80.